The highest BCUT2D eigenvalue weighted by Gasteiger charge is 2.23. The normalized spacial score (nSPS) is 12.7. The smallest absolute Gasteiger partial charge is 0.253 e. The lowest BCUT2D eigenvalue weighted by Gasteiger charge is -2.28. The summed E-state index contributed by atoms with van der Waals surface area (Å²) < 4.78 is 0. The SMILES string of the molecule is CSCCC(NC(=O)c1ccc(Cl)cc1Cl)C(=O)NCC(C)N(C)c1ccccc1. The molecular weight excluding hydrogens is 441 g/mol. The van der Waals surface area contributed by atoms with E-state index in [1.807, 2.05) is 50.6 Å². The number of likely N-dealkylation sites (N-methyl/N-ethyl adjacent to an activating group) is 1. The van der Waals surface area contributed by atoms with Crippen LogP contribution in [0.1, 0.15) is 23.7 Å². The van der Waals surface area contributed by atoms with E-state index in [-0.39, 0.29) is 17.0 Å². The zero-order chi connectivity index (χ0) is 22.1. The van der Waals surface area contributed by atoms with Crippen LogP contribution in [0.2, 0.25) is 10.0 Å². The van der Waals surface area contributed by atoms with Crippen molar-refractivity contribution in [1.29, 1.82) is 0 Å². The van der Waals surface area contributed by atoms with Gasteiger partial charge in [0.1, 0.15) is 6.04 Å². The monoisotopic (exact) mass is 467 g/mol. The van der Waals surface area contributed by atoms with Crippen LogP contribution in [0.15, 0.2) is 48.5 Å². The van der Waals surface area contributed by atoms with Crippen molar-refractivity contribution >= 4 is 52.5 Å². The molecule has 2 atom stereocenters. The molecule has 0 aliphatic rings. The number of benzene rings is 2. The number of halogens is 2. The van der Waals surface area contributed by atoms with E-state index in [1.54, 1.807) is 23.9 Å². The number of thioether (sulfide) groups is 1. The second-order valence-electron chi connectivity index (χ2n) is 6.97. The maximum atomic E-state index is 12.8. The summed E-state index contributed by atoms with van der Waals surface area (Å²) in [6.45, 7) is 2.49. The van der Waals surface area contributed by atoms with E-state index < -0.39 is 11.9 Å². The van der Waals surface area contributed by atoms with E-state index in [9.17, 15) is 9.59 Å². The number of carbonyl (C=O) groups excluding carboxylic acids is 2. The number of para-hydroxylation sites is 1. The fourth-order valence-corrected chi connectivity index (χ4v) is 3.81. The number of hydrogen-bond acceptors (Lipinski definition) is 4. The molecule has 0 fully saturated rings. The summed E-state index contributed by atoms with van der Waals surface area (Å²) in [6, 6.07) is 14.1. The number of carbonyl (C=O) groups is 2. The van der Waals surface area contributed by atoms with Gasteiger partial charge in [-0.15, -0.1) is 0 Å². The number of nitrogens with zero attached hydrogens (tertiary/aromatic N) is 1. The van der Waals surface area contributed by atoms with Crippen molar-refractivity contribution < 1.29 is 9.59 Å². The summed E-state index contributed by atoms with van der Waals surface area (Å²) in [5.74, 6) is 0.134. The lowest BCUT2D eigenvalue weighted by Crippen LogP contribution is -2.50. The number of amides is 2. The Hall–Kier alpha value is -1.89. The fourth-order valence-electron chi connectivity index (χ4n) is 2.84. The van der Waals surface area contributed by atoms with E-state index in [4.69, 9.17) is 23.2 Å². The molecule has 0 radical (unpaired) electrons. The van der Waals surface area contributed by atoms with Gasteiger partial charge in [-0.3, -0.25) is 9.59 Å². The number of nitrogens with one attached hydrogen (secondary N) is 2. The molecule has 0 heterocycles. The van der Waals surface area contributed by atoms with Gasteiger partial charge in [0.15, 0.2) is 0 Å². The number of rotatable bonds is 10. The minimum Gasteiger partial charge on any atom is -0.370 e. The maximum Gasteiger partial charge on any atom is 0.253 e. The molecule has 2 amide bonds. The van der Waals surface area contributed by atoms with E-state index >= 15 is 0 Å². The predicted octanol–water partition coefficient (Wildman–Crippen LogP) is 4.49. The van der Waals surface area contributed by atoms with E-state index in [0.717, 1.165) is 11.4 Å². The van der Waals surface area contributed by atoms with Gasteiger partial charge < -0.3 is 15.5 Å². The first-order chi connectivity index (χ1) is 14.3. The van der Waals surface area contributed by atoms with Gasteiger partial charge in [0.05, 0.1) is 10.6 Å². The molecule has 0 saturated carbocycles. The molecule has 2 N–H and O–H groups in total. The van der Waals surface area contributed by atoms with Gasteiger partial charge in [0.2, 0.25) is 5.91 Å². The van der Waals surface area contributed by atoms with Crippen molar-refractivity contribution in [3.05, 3.63) is 64.1 Å². The van der Waals surface area contributed by atoms with Crippen LogP contribution in [0.5, 0.6) is 0 Å². The van der Waals surface area contributed by atoms with E-state index in [1.165, 1.54) is 6.07 Å². The van der Waals surface area contributed by atoms with Crippen molar-refractivity contribution in [2.45, 2.75) is 25.4 Å². The van der Waals surface area contributed by atoms with Gasteiger partial charge in [-0.1, -0.05) is 41.4 Å². The Morgan fingerprint density at radius 2 is 1.83 bits per heavy atom. The molecule has 2 aromatic rings. The average molecular weight is 468 g/mol. The molecule has 2 unspecified atom stereocenters. The molecule has 2 aromatic carbocycles. The number of anilines is 1. The zero-order valence-corrected chi connectivity index (χ0v) is 19.7. The van der Waals surface area contributed by atoms with Crippen LogP contribution in [0.3, 0.4) is 0 Å². The van der Waals surface area contributed by atoms with E-state index in [2.05, 4.69) is 15.5 Å². The molecule has 0 aliphatic heterocycles. The Labute approximate surface area is 192 Å². The molecule has 0 aliphatic carbocycles. The van der Waals surface area contributed by atoms with Crippen molar-refractivity contribution in [1.82, 2.24) is 10.6 Å². The summed E-state index contributed by atoms with van der Waals surface area (Å²) in [5, 5.41) is 6.47. The quantitative estimate of drug-likeness (QED) is 0.540. The third kappa shape index (κ3) is 7.11. The Bertz CT molecular complexity index is 852. The minimum absolute atomic E-state index is 0.0824. The van der Waals surface area contributed by atoms with Gasteiger partial charge in [0, 0.05) is 30.3 Å². The number of hydrogen-bond donors (Lipinski definition) is 2. The largest absolute Gasteiger partial charge is 0.370 e. The Morgan fingerprint density at radius 3 is 2.47 bits per heavy atom. The molecule has 162 valence electrons. The van der Waals surface area contributed by atoms with Gasteiger partial charge in [-0.25, -0.2) is 0 Å². The van der Waals surface area contributed by atoms with Crippen LogP contribution in [-0.2, 0) is 4.79 Å². The van der Waals surface area contributed by atoms with Crippen LogP contribution in [0, 0.1) is 0 Å². The van der Waals surface area contributed by atoms with Crippen LogP contribution in [0.25, 0.3) is 0 Å². The first-order valence-corrected chi connectivity index (χ1v) is 11.8. The van der Waals surface area contributed by atoms with Crippen molar-refractivity contribution in [3.63, 3.8) is 0 Å². The van der Waals surface area contributed by atoms with Crippen LogP contribution >= 0.6 is 35.0 Å². The van der Waals surface area contributed by atoms with Crippen LogP contribution < -0.4 is 15.5 Å². The summed E-state index contributed by atoms with van der Waals surface area (Å²) in [7, 11) is 1.99. The Balaban J connectivity index is 1.99. The molecule has 30 heavy (non-hydrogen) atoms. The minimum atomic E-state index is -0.647. The third-order valence-electron chi connectivity index (χ3n) is 4.80. The summed E-state index contributed by atoms with van der Waals surface area (Å²) >= 11 is 13.7. The molecule has 0 saturated heterocycles. The zero-order valence-electron chi connectivity index (χ0n) is 17.3. The molecule has 8 heteroatoms. The highest BCUT2D eigenvalue weighted by molar-refractivity contribution is 7.98. The second-order valence-corrected chi connectivity index (χ2v) is 8.80. The molecule has 0 bridgehead atoms. The van der Waals surface area contributed by atoms with Crippen molar-refractivity contribution in [2.75, 3.05) is 30.5 Å². The highest BCUT2D eigenvalue weighted by atomic mass is 35.5. The maximum absolute atomic E-state index is 12.8. The van der Waals surface area contributed by atoms with Gasteiger partial charge in [-0.2, -0.15) is 11.8 Å². The van der Waals surface area contributed by atoms with Gasteiger partial charge in [0.25, 0.3) is 5.91 Å². The highest BCUT2D eigenvalue weighted by Crippen LogP contribution is 2.21. The molecule has 5 nitrogen and oxygen atoms in total. The third-order valence-corrected chi connectivity index (χ3v) is 6.00. The molecule has 0 spiro atoms. The van der Waals surface area contributed by atoms with Crippen LogP contribution in [-0.4, -0.2) is 49.5 Å². The second kappa shape index (κ2) is 12.1. The van der Waals surface area contributed by atoms with Gasteiger partial charge >= 0.3 is 0 Å². The van der Waals surface area contributed by atoms with Crippen LogP contribution in [0.4, 0.5) is 5.69 Å². The molecule has 0 aromatic heterocycles. The average Bonchev–Trinajstić information content (AvgIpc) is 2.74. The molecule has 2 rings (SSSR count). The topological polar surface area (TPSA) is 61.4 Å². The summed E-state index contributed by atoms with van der Waals surface area (Å²) in [4.78, 5) is 27.6. The Kier molecular flexibility index (Phi) is 9.82. The predicted molar refractivity (Wildman–Crippen MR) is 128 cm³/mol. The summed E-state index contributed by atoms with van der Waals surface area (Å²) in [6.07, 6.45) is 2.48. The Morgan fingerprint density at radius 1 is 1.13 bits per heavy atom. The lowest BCUT2D eigenvalue weighted by atomic mass is 10.1. The molecular formula is C22H27Cl2N3O2S. The van der Waals surface area contributed by atoms with Crippen molar-refractivity contribution in [3.8, 4) is 0 Å². The van der Waals surface area contributed by atoms with Crippen molar-refractivity contribution in [2.24, 2.45) is 0 Å². The lowest BCUT2D eigenvalue weighted by molar-refractivity contribution is -0.123. The standard InChI is InChI=1S/C22H27Cl2N3O2S/c1-15(27(2)17-7-5-4-6-8-17)14-25-22(29)20(11-12-30-3)26-21(28)18-10-9-16(23)13-19(18)24/h4-10,13,15,20H,11-12,14H2,1-3H3,(H,25,29)(H,26,28). The van der Waals surface area contributed by atoms with Gasteiger partial charge in [-0.05, 0) is 55.7 Å². The first kappa shape index (κ1) is 24.4. The first-order valence-electron chi connectivity index (χ1n) is 9.64. The summed E-state index contributed by atoms with van der Waals surface area (Å²) in [5.41, 5.74) is 1.36. The fraction of sp³-hybridized carbons (Fsp3) is 0.364. The van der Waals surface area contributed by atoms with E-state index in [0.29, 0.717) is 23.6 Å².